The lowest BCUT2D eigenvalue weighted by atomic mass is 10.1. The molecule has 0 bridgehead atoms. The quantitative estimate of drug-likeness (QED) is 0.467. The number of carbonyl (C=O) groups excluding carboxylic acids is 1. The zero-order valence-corrected chi connectivity index (χ0v) is 17.5. The number of aromatic amines is 1. The number of aromatic nitrogens is 1. The van der Waals surface area contributed by atoms with Crippen LogP contribution in [0.15, 0.2) is 77.6 Å². The van der Waals surface area contributed by atoms with Crippen molar-refractivity contribution in [3.8, 4) is 0 Å². The van der Waals surface area contributed by atoms with E-state index in [1.165, 1.54) is 0 Å². The third kappa shape index (κ3) is 4.14. The average molecular weight is 417 g/mol. The van der Waals surface area contributed by atoms with Crippen molar-refractivity contribution in [1.29, 1.82) is 0 Å². The van der Waals surface area contributed by atoms with Crippen LogP contribution in [0, 0.1) is 13.8 Å². The lowest BCUT2D eigenvalue weighted by Gasteiger charge is -2.23. The number of halogens is 1. The van der Waals surface area contributed by atoms with E-state index in [1.807, 2.05) is 62.4 Å². The molecule has 4 nitrogen and oxygen atoms in total. The third-order valence-corrected chi connectivity index (χ3v) is 5.31. The summed E-state index contributed by atoms with van der Waals surface area (Å²) in [7, 11) is 0. The summed E-state index contributed by atoms with van der Waals surface area (Å²) in [6, 6.07) is 22.2. The van der Waals surface area contributed by atoms with E-state index in [-0.39, 0.29) is 18.0 Å². The number of fused-ring (bicyclic) bond motifs is 1. The maximum atomic E-state index is 13.4. The van der Waals surface area contributed by atoms with Crippen molar-refractivity contribution in [2.75, 3.05) is 4.90 Å². The van der Waals surface area contributed by atoms with Crippen LogP contribution in [-0.2, 0) is 6.54 Å². The van der Waals surface area contributed by atoms with Gasteiger partial charge in [-0.15, -0.1) is 0 Å². The Morgan fingerprint density at radius 3 is 2.40 bits per heavy atom. The molecule has 0 spiro atoms. The molecular formula is C25H21ClN2O2. The number of aryl methyl sites for hydroxylation is 2. The molecule has 0 saturated carbocycles. The molecule has 0 saturated heterocycles. The summed E-state index contributed by atoms with van der Waals surface area (Å²) in [6.45, 7) is 4.11. The second kappa shape index (κ2) is 8.17. The van der Waals surface area contributed by atoms with E-state index in [0.29, 0.717) is 16.1 Å². The SMILES string of the molecule is Cc1cccc(N(Cc2cc3ccc(C)cc3[nH]c2=O)C(=O)c2ccc(Cl)cc2)c1. The van der Waals surface area contributed by atoms with Crippen LogP contribution in [0.25, 0.3) is 10.9 Å². The number of rotatable bonds is 4. The summed E-state index contributed by atoms with van der Waals surface area (Å²) in [5.74, 6) is -0.194. The third-order valence-electron chi connectivity index (χ3n) is 5.06. The number of nitrogens with one attached hydrogen (secondary N) is 1. The Bertz CT molecular complexity index is 1290. The molecule has 5 heteroatoms. The fraction of sp³-hybridized carbons (Fsp3) is 0.120. The molecule has 4 aromatic rings. The van der Waals surface area contributed by atoms with E-state index in [2.05, 4.69) is 4.98 Å². The molecule has 0 unspecified atom stereocenters. The Labute approximate surface area is 179 Å². The monoisotopic (exact) mass is 416 g/mol. The van der Waals surface area contributed by atoms with Crippen LogP contribution in [0.4, 0.5) is 5.69 Å². The number of hydrogen-bond acceptors (Lipinski definition) is 2. The first kappa shape index (κ1) is 19.9. The van der Waals surface area contributed by atoms with Gasteiger partial charge in [-0.05, 0) is 78.9 Å². The second-order valence-corrected chi connectivity index (χ2v) is 7.89. The van der Waals surface area contributed by atoms with E-state index in [1.54, 1.807) is 29.2 Å². The maximum Gasteiger partial charge on any atom is 0.258 e. The van der Waals surface area contributed by atoms with Crippen LogP contribution in [0.2, 0.25) is 5.02 Å². The number of nitrogens with zero attached hydrogens (tertiary/aromatic N) is 1. The van der Waals surface area contributed by atoms with E-state index < -0.39 is 0 Å². The van der Waals surface area contributed by atoms with Crippen LogP contribution in [0.3, 0.4) is 0 Å². The van der Waals surface area contributed by atoms with E-state index in [4.69, 9.17) is 11.6 Å². The number of anilines is 1. The highest BCUT2D eigenvalue weighted by Gasteiger charge is 2.20. The molecule has 3 aromatic carbocycles. The van der Waals surface area contributed by atoms with Crippen LogP contribution in [0.1, 0.15) is 27.0 Å². The summed E-state index contributed by atoms with van der Waals surface area (Å²) >= 11 is 5.98. The zero-order chi connectivity index (χ0) is 21.3. The van der Waals surface area contributed by atoms with Crippen molar-refractivity contribution in [1.82, 2.24) is 4.98 Å². The largest absolute Gasteiger partial charge is 0.322 e. The lowest BCUT2D eigenvalue weighted by molar-refractivity contribution is 0.0985. The van der Waals surface area contributed by atoms with Crippen LogP contribution in [0.5, 0.6) is 0 Å². The minimum Gasteiger partial charge on any atom is -0.322 e. The van der Waals surface area contributed by atoms with Crippen LogP contribution < -0.4 is 10.5 Å². The number of carbonyl (C=O) groups is 1. The Kier molecular flexibility index (Phi) is 5.42. The highest BCUT2D eigenvalue weighted by molar-refractivity contribution is 6.30. The predicted molar refractivity (Wildman–Crippen MR) is 122 cm³/mol. The van der Waals surface area contributed by atoms with Crippen LogP contribution in [-0.4, -0.2) is 10.9 Å². The van der Waals surface area contributed by atoms with Crippen LogP contribution >= 0.6 is 11.6 Å². The molecule has 0 fully saturated rings. The van der Waals surface area contributed by atoms with Crippen molar-refractivity contribution >= 4 is 34.1 Å². The molecule has 0 aliphatic rings. The van der Waals surface area contributed by atoms with Gasteiger partial charge in [0, 0.05) is 27.4 Å². The number of H-pyrrole nitrogens is 1. The molecule has 1 N–H and O–H groups in total. The average Bonchev–Trinajstić information content (AvgIpc) is 2.72. The smallest absolute Gasteiger partial charge is 0.258 e. The van der Waals surface area contributed by atoms with Gasteiger partial charge in [-0.25, -0.2) is 0 Å². The first-order chi connectivity index (χ1) is 14.4. The summed E-state index contributed by atoms with van der Waals surface area (Å²) in [4.78, 5) is 30.7. The summed E-state index contributed by atoms with van der Waals surface area (Å²) in [6.07, 6.45) is 0. The molecule has 1 aromatic heterocycles. The number of pyridine rings is 1. The maximum absolute atomic E-state index is 13.4. The minimum absolute atomic E-state index is 0.157. The summed E-state index contributed by atoms with van der Waals surface area (Å²) in [5, 5.41) is 1.49. The van der Waals surface area contributed by atoms with E-state index in [0.717, 1.165) is 27.7 Å². The number of benzene rings is 3. The Hall–Kier alpha value is -3.37. The fourth-order valence-corrected chi connectivity index (χ4v) is 3.60. The highest BCUT2D eigenvalue weighted by atomic mass is 35.5. The Morgan fingerprint density at radius 2 is 1.67 bits per heavy atom. The topological polar surface area (TPSA) is 53.2 Å². The van der Waals surface area contributed by atoms with E-state index in [9.17, 15) is 9.59 Å². The van der Waals surface area contributed by atoms with Gasteiger partial charge in [0.1, 0.15) is 0 Å². The van der Waals surface area contributed by atoms with E-state index >= 15 is 0 Å². The summed E-state index contributed by atoms with van der Waals surface area (Å²) < 4.78 is 0. The van der Waals surface area contributed by atoms with Crippen molar-refractivity contribution < 1.29 is 4.79 Å². The van der Waals surface area contributed by atoms with Crippen molar-refractivity contribution in [3.63, 3.8) is 0 Å². The van der Waals surface area contributed by atoms with Gasteiger partial charge in [-0.1, -0.05) is 35.9 Å². The normalized spacial score (nSPS) is 10.9. The molecule has 1 amide bonds. The predicted octanol–water partition coefficient (Wildman–Crippen LogP) is 5.65. The standard InChI is InChI=1S/C25H21ClN2O2/c1-16-4-3-5-22(12-16)28(25(30)18-8-10-21(26)11-9-18)15-20-14-19-7-6-17(2)13-23(19)27-24(20)29/h3-14H,15H2,1-2H3,(H,27,29). The lowest BCUT2D eigenvalue weighted by Crippen LogP contribution is -2.33. The first-order valence-electron chi connectivity index (χ1n) is 9.67. The molecular weight excluding hydrogens is 396 g/mol. The summed E-state index contributed by atoms with van der Waals surface area (Å²) in [5.41, 5.74) is 4.46. The molecule has 0 radical (unpaired) electrons. The molecule has 1 heterocycles. The minimum atomic E-state index is -0.199. The number of hydrogen-bond donors (Lipinski definition) is 1. The first-order valence-corrected chi connectivity index (χ1v) is 10.1. The van der Waals surface area contributed by atoms with Gasteiger partial charge >= 0.3 is 0 Å². The van der Waals surface area contributed by atoms with Gasteiger partial charge in [0.05, 0.1) is 6.54 Å². The molecule has 0 aliphatic carbocycles. The number of amides is 1. The Morgan fingerprint density at radius 1 is 0.933 bits per heavy atom. The fourth-order valence-electron chi connectivity index (χ4n) is 3.47. The van der Waals surface area contributed by atoms with Crippen molar-refractivity contribution in [2.24, 2.45) is 0 Å². The molecule has 30 heavy (non-hydrogen) atoms. The van der Waals surface area contributed by atoms with Gasteiger partial charge < -0.3 is 9.88 Å². The second-order valence-electron chi connectivity index (χ2n) is 7.45. The van der Waals surface area contributed by atoms with Gasteiger partial charge in [0.2, 0.25) is 0 Å². The molecule has 0 atom stereocenters. The highest BCUT2D eigenvalue weighted by Crippen LogP contribution is 2.23. The van der Waals surface area contributed by atoms with Crippen molar-refractivity contribution in [3.05, 3.63) is 110 Å². The molecule has 150 valence electrons. The molecule has 0 aliphatic heterocycles. The van der Waals surface area contributed by atoms with Gasteiger partial charge in [0.25, 0.3) is 11.5 Å². The van der Waals surface area contributed by atoms with Gasteiger partial charge in [-0.2, -0.15) is 0 Å². The molecule has 4 rings (SSSR count). The zero-order valence-electron chi connectivity index (χ0n) is 16.8. The van der Waals surface area contributed by atoms with Gasteiger partial charge in [-0.3, -0.25) is 9.59 Å². The van der Waals surface area contributed by atoms with Gasteiger partial charge in [0.15, 0.2) is 0 Å². The Balaban J connectivity index is 1.78. The van der Waals surface area contributed by atoms with Crippen molar-refractivity contribution in [2.45, 2.75) is 20.4 Å².